The highest BCUT2D eigenvalue weighted by Gasteiger charge is 2.28. The summed E-state index contributed by atoms with van der Waals surface area (Å²) >= 11 is 0. The van der Waals surface area contributed by atoms with Crippen molar-refractivity contribution < 1.29 is 19.1 Å². The lowest BCUT2D eigenvalue weighted by atomic mass is 9.95. The molecule has 2 heterocycles. The Morgan fingerprint density at radius 3 is 1.37 bits per heavy atom. The molecule has 0 saturated heterocycles. The van der Waals surface area contributed by atoms with E-state index in [1.54, 1.807) is 26.4 Å². The molecule has 2 aromatic heterocycles. The number of hydrogen-bond acceptors (Lipinski definition) is 7. The second-order valence-electron chi connectivity index (χ2n) is 11.3. The third kappa shape index (κ3) is 5.65. The van der Waals surface area contributed by atoms with Crippen LogP contribution in [0.5, 0.6) is 11.5 Å². The number of nitrogens with one attached hydrogen (secondary N) is 2. The van der Waals surface area contributed by atoms with Gasteiger partial charge in [0.2, 0.25) is 0 Å². The van der Waals surface area contributed by atoms with E-state index in [0.29, 0.717) is 57.5 Å². The molecule has 9 nitrogen and oxygen atoms in total. The van der Waals surface area contributed by atoms with Gasteiger partial charge in [-0.15, -0.1) is 0 Å². The minimum atomic E-state index is -0.560. The van der Waals surface area contributed by atoms with Crippen molar-refractivity contribution in [3.8, 4) is 11.5 Å². The first-order valence-corrected chi connectivity index (χ1v) is 15.5. The summed E-state index contributed by atoms with van der Waals surface area (Å²) < 4.78 is 11.0. The molecule has 2 amide bonds. The number of para-hydroxylation sites is 4. The molecule has 9 heteroatoms. The van der Waals surface area contributed by atoms with Gasteiger partial charge in [-0.3, -0.25) is 9.59 Å². The van der Waals surface area contributed by atoms with Gasteiger partial charge in [0.05, 0.1) is 36.4 Å². The average molecular weight is 616 g/mol. The first kappa shape index (κ1) is 30.7. The second-order valence-corrected chi connectivity index (χ2v) is 11.3. The molecule has 0 aliphatic carbocycles. The van der Waals surface area contributed by atoms with Crippen LogP contribution < -0.4 is 25.8 Å². The number of fused-ring (bicyclic) bond motifs is 4. The lowest BCUT2D eigenvalue weighted by Gasteiger charge is -2.31. The summed E-state index contributed by atoms with van der Waals surface area (Å²) in [4.78, 5) is 37.2. The molecular weight excluding hydrogens is 578 g/mol. The summed E-state index contributed by atoms with van der Waals surface area (Å²) in [7, 11) is 3.21. The van der Waals surface area contributed by atoms with Crippen molar-refractivity contribution in [3.05, 3.63) is 96.1 Å². The summed E-state index contributed by atoms with van der Waals surface area (Å²) in [5.41, 5.74) is 10.2. The molecule has 2 atom stereocenters. The van der Waals surface area contributed by atoms with Crippen LogP contribution >= 0.6 is 0 Å². The van der Waals surface area contributed by atoms with Crippen LogP contribution in [0.25, 0.3) is 43.6 Å². The van der Waals surface area contributed by atoms with Crippen LogP contribution in [-0.2, 0) is 0 Å². The zero-order chi connectivity index (χ0) is 32.4. The highest BCUT2D eigenvalue weighted by molar-refractivity contribution is 6.09. The summed E-state index contributed by atoms with van der Waals surface area (Å²) in [6, 6.07) is 25.2. The van der Waals surface area contributed by atoms with Crippen LogP contribution in [0, 0.1) is 0 Å². The molecule has 4 aromatic carbocycles. The number of pyridine rings is 2. The van der Waals surface area contributed by atoms with Gasteiger partial charge < -0.3 is 25.8 Å². The minimum absolute atomic E-state index is 0.282. The molecule has 4 N–H and O–H groups in total. The van der Waals surface area contributed by atoms with Crippen molar-refractivity contribution in [1.82, 2.24) is 20.6 Å². The highest BCUT2D eigenvalue weighted by Crippen LogP contribution is 2.30. The van der Waals surface area contributed by atoms with Crippen molar-refractivity contribution >= 4 is 55.4 Å². The van der Waals surface area contributed by atoms with Crippen molar-refractivity contribution in [2.75, 3.05) is 14.2 Å². The molecule has 0 bridgehead atoms. The van der Waals surface area contributed by atoms with Gasteiger partial charge in [-0.2, -0.15) is 0 Å². The fraction of sp³-hybridized carbons (Fsp3) is 0.243. The van der Waals surface area contributed by atoms with Gasteiger partial charge in [-0.25, -0.2) is 9.97 Å². The summed E-state index contributed by atoms with van der Waals surface area (Å²) in [5, 5.41) is 9.80. The Kier molecular flexibility index (Phi) is 8.68. The van der Waals surface area contributed by atoms with Crippen LogP contribution in [0.3, 0.4) is 0 Å². The molecule has 234 valence electrons. The molecule has 0 radical (unpaired) electrons. The van der Waals surface area contributed by atoms with E-state index < -0.39 is 18.1 Å². The number of amides is 2. The Hall–Kier alpha value is -5.28. The number of hydrogen-bond donors (Lipinski definition) is 3. The van der Waals surface area contributed by atoms with E-state index >= 15 is 0 Å². The highest BCUT2D eigenvalue weighted by atomic mass is 16.5. The number of ether oxygens (including phenoxy) is 2. The number of methoxy groups -OCH3 is 2. The first-order valence-electron chi connectivity index (χ1n) is 15.5. The molecule has 0 spiro atoms. The van der Waals surface area contributed by atoms with Crippen molar-refractivity contribution in [2.24, 2.45) is 5.73 Å². The number of aromatic nitrogens is 2. The van der Waals surface area contributed by atoms with Gasteiger partial charge in [0.25, 0.3) is 11.8 Å². The van der Waals surface area contributed by atoms with E-state index in [1.807, 2.05) is 86.6 Å². The van der Waals surface area contributed by atoms with Crippen LogP contribution in [0.4, 0.5) is 0 Å². The SMILES string of the molecule is CCC(NC(=O)c1cccc2cc3cccc(OC)c3nc12)C(N)C(CC)NC(=O)c1cccc2cc3cccc(OC)c3nc12. The van der Waals surface area contributed by atoms with Crippen molar-refractivity contribution in [3.63, 3.8) is 0 Å². The van der Waals surface area contributed by atoms with Gasteiger partial charge in [-0.05, 0) is 49.2 Å². The fourth-order valence-electron chi connectivity index (χ4n) is 6.12. The molecule has 2 unspecified atom stereocenters. The van der Waals surface area contributed by atoms with Gasteiger partial charge in [0, 0.05) is 39.7 Å². The smallest absolute Gasteiger partial charge is 0.253 e. The Bertz CT molecular complexity index is 1950. The normalized spacial score (nSPS) is 13.4. The van der Waals surface area contributed by atoms with Crippen LogP contribution in [-0.4, -0.2) is 54.1 Å². The standard InChI is InChI=1S/C37H37N5O4/c1-5-27(39-36(43)25-15-7-11-21-19-23-13-9-17-29(45-3)34(23)41-32(21)25)31(38)28(6-2)40-37(44)26-16-8-12-22-20-24-14-10-18-30(46-4)35(24)42-33(22)26/h7-20,27-28,31H,5-6,38H2,1-4H3,(H,39,43)(H,40,44). The summed E-state index contributed by atoms with van der Waals surface area (Å²) in [5.74, 6) is 0.710. The Morgan fingerprint density at radius 2 is 1.00 bits per heavy atom. The largest absolute Gasteiger partial charge is 0.494 e. The number of rotatable bonds is 10. The summed E-state index contributed by atoms with van der Waals surface area (Å²) in [6.07, 6.45) is 1.13. The van der Waals surface area contributed by atoms with Crippen LogP contribution in [0.1, 0.15) is 47.4 Å². The zero-order valence-electron chi connectivity index (χ0n) is 26.3. The number of nitrogens with zero attached hydrogens (tertiary/aromatic N) is 2. The maximum absolute atomic E-state index is 13.7. The molecule has 6 aromatic rings. The molecule has 0 saturated carbocycles. The Balaban J connectivity index is 1.25. The zero-order valence-corrected chi connectivity index (χ0v) is 26.3. The van der Waals surface area contributed by atoms with Crippen LogP contribution in [0.2, 0.25) is 0 Å². The Morgan fingerprint density at radius 1 is 0.630 bits per heavy atom. The van der Waals surface area contributed by atoms with Gasteiger partial charge in [0.1, 0.15) is 22.5 Å². The lowest BCUT2D eigenvalue weighted by molar-refractivity contribution is 0.0909. The molecule has 0 aliphatic rings. The van der Waals surface area contributed by atoms with Crippen LogP contribution in [0.15, 0.2) is 84.9 Å². The van der Waals surface area contributed by atoms with E-state index in [-0.39, 0.29) is 11.8 Å². The van der Waals surface area contributed by atoms with Gasteiger partial charge >= 0.3 is 0 Å². The van der Waals surface area contributed by atoms with Crippen molar-refractivity contribution in [2.45, 2.75) is 44.8 Å². The Labute approximate surface area is 267 Å². The average Bonchev–Trinajstić information content (AvgIpc) is 3.09. The van der Waals surface area contributed by atoms with E-state index in [1.165, 1.54) is 0 Å². The van der Waals surface area contributed by atoms with E-state index in [2.05, 4.69) is 10.6 Å². The third-order valence-electron chi connectivity index (χ3n) is 8.64. The maximum atomic E-state index is 13.7. The molecular formula is C37H37N5O4. The van der Waals surface area contributed by atoms with E-state index in [9.17, 15) is 9.59 Å². The molecule has 46 heavy (non-hydrogen) atoms. The second kappa shape index (κ2) is 13.0. The molecule has 6 rings (SSSR count). The maximum Gasteiger partial charge on any atom is 0.253 e. The van der Waals surface area contributed by atoms with Gasteiger partial charge in [0.15, 0.2) is 0 Å². The number of nitrogens with two attached hydrogens (primary N) is 1. The number of carbonyl (C=O) groups excluding carboxylic acids is 2. The van der Waals surface area contributed by atoms with Gasteiger partial charge in [-0.1, -0.05) is 62.4 Å². The predicted molar refractivity (Wildman–Crippen MR) is 183 cm³/mol. The summed E-state index contributed by atoms with van der Waals surface area (Å²) in [6.45, 7) is 3.93. The fourth-order valence-corrected chi connectivity index (χ4v) is 6.12. The monoisotopic (exact) mass is 615 g/mol. The predicted octanol–water partition coefficient (Wildman–Crippen LogP) is 6.15. The number of carbonyl (C=O) groups is 2. The topological polar surface area (TPSA) is 128 Å². The minimum Gasteiger partial charge on any atom is -0.494 e. The van der Waals surface area contributed by atoms with E-state index in [0.717, 1.165) is 21.5 Å². The van der Waals surface area contributed by atoms with E-state index in [4.69, 9.17) is 25.2 Å². The molecule has 0 fully saturated rings. The first-order chi connectivity index (χ1) is 22.4. The van der Waals surface area contributed by atoms with Crippen molar-refractivity contribution in [1.29, 1.82) is 0 Å². The third-order valence-corrected chi connectivity index (χ3v) is 8.64. The quantitative estimate of drug-likeness (QED) is 0.158. The molecule has 0 aliphatic heterocycles. The lowest BCUT2D eigenvalue weighted by Crippen LogP contribution is -2.58. The number of benzene rings is 4.